The Labute approximate surface area is 91.6 Å². The molecule has 1 aliphatic rings. The Bertz CT molecular complexity index is 358. The van der Waals surface area contributed by atoms with Crippen LogP contribution in [0, 0.1) is 5.82 Å². The summed E-state index contributed by atoms with van der Waals surface area (Å²) < 4.78 is 13.8. The minimum absolute atomic E-state index is 0.0432. The van der Waals surface area contributed by atoms with Crippen molar-refractivity contribution in [2.24, 2.45) is 5.73 Å². The first-order valence-corrected chi connectivity index (χ1v) is 5.57. The highest BCUT2D eigenvalue weighted by molar-refractivity contribution is 9.10. The maximum absolute atomic E-state index is 13.3. The Hall–Kier alpha value is -0.410. The molecule has 3 heteroatoms. The summed E-state index contributed by atoms with van der Waals surface area (Å²) in [6.45, 7) is 1.99. The molecule has 1 aromatic carbocycles. The summed E-state index contributed by atoms with van der Waals surface area (Å²) in [7, 11) is 0. The molecule has 1 atom stereocenters. The molecule has 0 radical (unpaired) electrons. The second kappa shape index (κ2) is 3.31. The van der Waals surface area contributed by atoms with Gasteiger partial charge in [-0.05, 0) is 53.4 Å². The fourth-order valence-corrected chi connectivity index (χ4v) is 2.19. The molecule has 0 spiro atoms. The van der Waals surface area contributed by atoms with Crippen LogP contribution in [0.2, 0.25) is 0 Å². The molecule has 0 heterocycles. The first kappa shape index (κ1) is 10.1. The van der Waals surface area contributed by atoms with Crippen LogP contribution in [0.1, 0.15) is 25.3 Å². The second-order valence-electron chi connectivity index (χ2n) is 4.07. The first-order valence-electron chi connectivity index (χ1n) is 4.77. The van der Waals surface area contributed by atoms with Gasteiger partial charge in [0.15, 0.2) is 0 Å². The van der Waals surface area contributed by atoms with E-state index >= 15 is 0 Å². The molecule has 1 unspecified atom stereocenters. The number of nitrogens with two attached hydrogens (primary N) is 1. The van der Waals surface area contributed by atoms with Crippen LogP contribution >= 0.6 is 15.9 Å². The molecule has 1 fully saturated rings. The number of halogens is 2. The van der Waals surface area contributed by atoms with Gasteiger partial charge in [0.1, 0.15) is 5.82 Å². The van der Waals surface area contributed by atoms with Crippen molar-refractivity contribution in [2.75, 3.05) is 0 Å². The third-order valence-electron chi connectivity index (χ3n) is 3.15. The standard InChI is InChI=1S/C11H13BrFN/c1-7(14)11(4-5-11)8-2-3-9(12)10(13)6-8/h2-3,6-7H,4-5,14H2,1H3. The van der Waals surface area contributed by atoms with Crippen LogP contribution in [0.3, 0.4) is 0 Å². The van der Waals surface area contributed by atoms with Crippen LogP contribution in [-0.4, -0.2) is 6.04 Å². The molecule has 0 aliphatic heterocycles. The zero-order valence-electron chi connectivity index (χ0n) is 8.06. The zero-order valence-corrected chi connectivity index (χ0v) is 9.64. The van der Waals surface area contributed by atoms with Crippen molar-refractivity contribution in [3.8, 4) is 0 Å². The van der Waals surface area contributed by atoms with E-state index < -0.39 is 0 Å². The smallest absolute Gasteiger partial charge is 0.137 e. The summed E-state index contributed by atoms with van der Waals surface area (Å²) in [5, 5.41) is 0. The summed E-state index contributed by atoms with van der Waals surface area (Å²) in [5.41, 5.74) is 7.00. The topological polar surface area (TPSA) is 26.0 Å². The summed E-state index contributed by atoms with van der Waals surface area (Å²) in [5.74, 6) is -0.200. The monoisotopic (exact) mass is 257 g/mol. The van der Waals surface area contributed by atoms with Crippen LogP contribution in [-0.2, 0) is 5.41 Å². The van der Waals surface area contributed by atoms with E-state index in [2.05, 4.69) is 15.9 Å². The predicted molar refractivity (Wildman–Crippen MR) is 58.7 cm³/mol. The molecule has 0 bridgehead atoms. The SMILES string of the molecule is CC(N)C1(c2ccc(Br)c(F)c2)CC1. The van der Waals surface area contributed by atoms with Crippen molar-refractivity contribution < 1.29 is 4.39 Å². The zero-order chi connectivity index (χ0) is 10.3. The van der Waals surface area contributed by atoms with Gasteiger partial charge >= 0.3 is 0 Å². The van der Waals surface area contributed by atoms with Gasteiger partial charge in [-0.2, -0.15) is 0 Å². The lowest BCUT2D eigenvalue weighted by Gasteiger charge is -2.20. The molecular formula is C11H13BrFN. The van der Waals surface area contributed by atoms with Crippen molar-refractivity contribution >= 4 is 15.9 Å². The van der Waals surface area contributed by atoms with Gasteiger partial charge in [0.05, 0.1) is 4.47 Å². The lowest BCUT2D eigenvalue weighted by Crippen LogP contribution is -2.31. The van der Waals surface area contributed by atoms with Gasteiger partial charge in [-0.1, -0.05) is 6.07 Å². The molecule has 0 saturated heterocycles. The van der Waals surface area contributed by atoms with E-state index in [4.69, 9.17) is 5.73 Å². The first-order chi connectivity index (χ1) is 6.56. The largest absolute Gasteiger partial charge is 0.327 e. The van der Waals surface area contributed by atoms with E-state index in [9.17, 15) is 4.39 Å². The van der Waals surface area contributed by atoms with Crippen LogP contribution in [0.5, 0.6) is 0 Å². The highest BCUT2D eigenvalue weighted by atomic mass is 79.9. The fraction of sp³-hybridized carbons (Fsp3) is 0.455. The van der Waals surface area contributed by atoms with E-state index in [1.54, 1.807) is 12.1 Å². The third-order valence-corrected chi connectivity index (χ3v) is 3.80. The van der Waals surface area contributed by atoms with Crippen LogP contribution in [0.15, 0.2) is 22.7 Å². The summed E-state index contributed by atoms with van der Waals surface area (Å²) in [6.07, 6.45) is 2.15. The normalized spacial score (nSPS) is 20.6. The van der Waals surface area contributed by atoms with Crippen molar-refractivity contribution in [1.82, 2.24) is 0 Å². The lowest BCUT2D eigenvalue weighted by atomic mass is 9.89. The third kappa shape index (κ3) is 1.48. The average molecular weight is 258 g/mol. The Morgan fingerprint density at radius 3 is 2.57 bits per heavy atom. The van der Waals surface area contributed by atoms with Crippen molar-refractivity contribution in [3.05, 3.63) is 34.1 Å². The Kier molecular flexibility index (Phi) is 2.40. The maximum atomic E-state index is 13.3. The number of hydrogen-bond acceptors (Lipinski definition) is 1. The molecule has 2 rings (SSSR count). The van der Waals surface area contributed by atoms with Gasteiger partial charge in [0.2, 0.25) is 0 Å². The van der Waals surface area contributed by atoms with E-state index in [0.29, 0.717) is 4.47 Å². The predicted octanol–water partition coefficient (Wildman–Crippen LogP) is 2.97. The van der Waals surface area contributed by atoms with Crippen molar-refractivity contribution in [2.45, 2.75) is 31.2 Å². The van der Waals surface area contributed by atoms with Crippen LogP contribution in [0.25, 0.3) is 0 Å². The fourth-order valence-electron chi connectivity index (χ4n) is 1.95. The summed E-state index contributed by atoms with van der Waals surface area (Å²) in [6, 6.07) is 5.42. The minimum atomic E-state index is -0.200. The highest BCUT2D eigenvalue weighted by Crippen LogP contribution is 2.50. The molecule has 1 saturated carbocycles. The highest BCUT2D eigenvalue weighted by Gasteiger charge is 2.47. The van der Waals surface area contributed by atoms with E-state index in [1.165, 1.54) is 0 Å². The molecule has 14 heavy (non-hydrogen) atoms. The van der Waals surface area contributed by atoms with Gasteiger partial charge < -0.3 is 5.73 Å². The minimum Gasteiger partial charge on any atom is -0.327 e. The van der Waals surface area contributed by atoms with Gasteiger partial charge in [0.25, 0.3) is 0 Å². The quantitative estimate of drug-likeness (QED) is 0.867. The van der Waals surface area contributed by atoms with E-state index in [-0.39, 0.29) is 17.3 Å². The number of benzene rings is 1. The Balaban J connectivity index is 2.38. The Morgan fingerprint density at radius 2 is 2.14 bits per heavy atom. The van der Waals surface area contributed by atoms with E-state index in [0.717, 1.165) is 18.4 Å². The molecule has 1 nitrogen and oxygen atoms in total. The molecule has 0 amide bonds. The Morgan fingerprint density at radius 1 is 1.50 bits per heavy atom. The lowest BCUT2D eigenvalue weighted by molar-refractivity contribution is 0.547. The number of rotatable bonds is 2. The van der Waals surface area contributed by atoms with Crippen LogP contribution < -0.4 is 5.73 Å². The molecule has 2 N–H and O–H groups in total. The molecular weight excluding hydrogens is 245 g/mol. The molecule has 1 aliphatic carbocycles. The van der Waals surface area contributed by atoms with Gasteiger partial charge in [-0.3, -0.25) is 0 Å². The number of hydrogen-bond donors (Lipinski definition) is 1. The molecule has 0 aromatic heterocycles. The summed E-state index contributed by atoms with van der Waals surface area (Å²) >= 11 is 3.15. The van der Waals surface area contributed by atoms with Gasteiger partial charge in [-0.25, -0.2) is 4.39 Å². The summed E-state index contributed by atoms with van der Waals surface area (Å²) in [4.78, 5) is 0. The van der Waals surface area contributed by atoms with Gasteiger partial charge in [0, 0.05) is 11.5 Å². The second-order valence-corrected chi connectivity index (χ2v) is 4.93. The van der Waals surface area contributed by atoms with Crippen LogP contribution in [0.4, 0.5) is 4.39 Å². The average Bonchev–Trinajstić information content (AvgIpc) is 2.90. The van der Waals surface area contributed by atoms with Gasteiger partial charge in [-0.15, -0.1) is 0 Å². The van der Waals surface area contributed by atoms with Crippen molar-refractivity contribution in [3.63, 3.8) is 0 Å². The van der Waals surface area contributed by atoms with E-state index in [1.807, 2.05) is 13.0 Å². The molecule has 76 valence electrons. The molecule has 1 aromatic rings. The maximum Gasteiger partial charge on any atom is 0.137 e. The van der Waals surface area contributed by atoms with Crippen molar-refractivity contribution in [1.29, 1.82) is 0 Å².